The number of hydrogen-bond donors (Lipinski definition) is 2. The molecule has 0 heterocycles. The van der Waals surface area contributed by atoms with Gasteiger partial charge in [0, 0.05) is 0 Å². The van der Waals surface area contributed by atoms with Crippen LogP contribution in [-0.4, -0.2) is 23.5 Å². The van der Waals surface area contributed by atoms with E-state index in [-0.39, 0.29) is 5.92 Å². The van der Waals surface area contributed by atoms with Crippen LogP contribution in [0.1, 0.15) is 39.5 Å². The van der Waals surface area contributed by atoms with Gasteiger partial charge in [-0.1, -0.05) is 19.8 Å². The third-order valence-corrected chi connectivity index (χ3v) is 3.31. The first kappa shape index (κ1) is 13.1. The summed E-state index contributed by atoms with van der Waals surface area (Å²) >= 11 is 0. The molecule has 0 aromatic heterocycles. The average molecular weight is 228 g/mol. The highest BCUT2D eigenvalue weighted by Crippen LogP contribution is 2.36. The topological polar surface area (TPSA) is 95.4 Å². The maximum absolute atomic E-state index is 11.8. The van der Waals surface area contributed by atoms with Crippen LogP contribution < -0.4 is 11.5 Å². The van der Waals surface area contributed by atoms with Crippen molar-refractivity contribution in [2.45, 2.75) is 51.1 Å². The molecule has 5 heteroatoms. The van der Waals surface area contributed by atoms with E-state index in [1.807, 2.05) is 6.92 Å². The lowest BCUT2D eigenvalue weighted by atomic mass is 9.86. The van der Waals surface area contributed by atoms with Crippen LogP contribution in [0.25, 0.3) is 0 Å². The highest BCUT2D eigenvalue weighted by Gasteiger charge is 2.46. The molecular formula is C11H20N2O3. The van der Waals surface area contributed by atoms with Gasteiger partial charge in [-0.25, -0.2) is 9.59 Å². The Kier molecular flexibility index (Phi) is 4.04. The lowest BCUT2D eigenvalue weighted by Crippen LogP contribution is -2.53. The highest BCUT2D eigenvalue weighted by molar-refractivity contribution is 5.93. The van der Waals surface area contributed by atoms with Crippen molar-refractivity contribution in [3.05, 3.63) is 0 Å². The van der Waals surface area contributed by atoms with Gasteiger partial charge in [0.15, 0.2) is 0 Å². The first-order valence-corrected chi connectivity index (χ1v) is 5.72. The fraction of sp³-hybridized carbons (Fsp3) is 0.818. The Balaban J connectivity index is 2.69. The summed E-state index contributed by atoms with van der Waals surface area (Å²) in [6.45, 7) is 3.46. The van der Waals surface area contributed by atoms with Gasteiger partial charge in [-0.15, -0.1) is 0 Å². The van der Waals surface area contributed by atoms with Crippen LogP contribution >= 0.6 is 0 Å². The Labute approximate surface area is 95.5 Å². The van der Waals surface area contributed by atoms with E-state index in [0.717, 1.165) is 19.3 Å². The number of ether oxygens (including phenoxy) is 1. The summed E-state index contributed by atoms with van der Waals surface area (Å²) in [5, 5.41) is 0. The summed E-state index contributed by atoms with van der Waals surface area (Å²) in [6.07, 6.45) is 3.21. The van der Waals surface area contributed by atoms with Gasteiger partial charge in [-0.05, 0) is 25.7 Å². The first-order chi connectivity index (χ1) is 7.41. The number of carbonyl (C=O) groups is 2. The van der Waals surface area contributed by atoms with E-state index in [4.69, 9.17) is 16.2 Å². The molecule has 0 radical (unpaired) electrons. The van der Waals surface area contributed by atoms with Crippen molar-refractivity contribution in [2.24, 2.45) is 17.4 Å². The maximum Gasteiger partial charge on any atom is 0.334 e. The fourth-order valence-corrected chi connectivity index (χ4v) is 2.22. The van der Waals surface area contributed by atoms with Crippen molar-refractivity contribution in [1.29, 1.82) is 0 Å². The Bertz CT molecular complexity index is 291. The molecule has 0 saturated heterocycles. The second-order valence-electron chi connectivity index (χ2n) is 4.53. The van der Waals surface area contributed by atoms with Gasteiger partial charge in [0.2, 0.25) is 0 Å². The molecule has 1 rings (SSSR count). The molecule has 16 heavy (non-hydrogen) atoms. The molecule has 0 bridgehead atoms. The lowest BCUT2D eigenvalue weighted by Gasteiger charge is -2.27. The maximum atomic E-state index is 11.8. The molecule has 0 aromatic carbocycles. The molecule has 1 fully saturated rings. The van der Waals surface area contributed by atoms with Crippen molar-refractivity contribution in [3.63, 3.8) is 0 Å². The van der Waals surface area contributed by atoms with Crippen LogP contribution in [0, 0.1) is 5.92 Å². The van der Waals surface area contributed by atoms with E-state index < -0.39 is 23.5 Å². The van der Waals surface area contributed by atoms with Crippen molar-refractivity contribution in [1.82, 2.24) is 0 Å². The predicted octanol–water partition coefficient (Wildman–Crippen LogP) is 0.311. The van der Waals surface area contributed by atoms with E-state index >= 15 is 0 Å². The SMILES string of the molecule is CCC1CCCC1(N)C(=O)OC(=O)[C@H](C)N. The van der Waals surface area contributed by atoms with E-state index in [1.165, 1.54) is 6.92 Å². The summed E-state index contributed by atoms with van der Waals surface area (Å²) in [5.74, 6) is -1.24. The number of nitrogens with two attached hydrogens (primary N) is 2. The zero-order chi connectivity index (χ0) is 12.3. The Morgan fingerprint density at radius 2 is 2.19 bits per heavy atom. The zero-order valence-electron chi connectivity index (χ0n) is 9.86. The molecule has 4 N–H and O–H groups in total. The summed E-state index contributed by atoms with van der Waals surface area (Å²) in [4.78, 5) is 23.1. The van der Waals surface area contributed by atoms with Crippen LogP contribution in [-0.2, 0) is 14.3 Å². The second-order valence-corrected chi connectivity index (χ2v) is 4.53. The van der Waals surface area contributed by atoms with Gasteiger partial charge in [-0.2, -0.15) is 0 Å². The molecule has 92 valence electrons. The monoisotopic (exact) mass is 228 g/mol. The molecule has 1 aliphatic rings. The highest BCUT2D eigenvalue weighted by atomic mass is 16.6. The number of esters is 2. The van der Waals surface area contributed by atoms with Crippen LogP contribution in [0.5, 0.6) is 0 Å². The largest absolute Gasteiger partial charge is 0.391 e. The summed E-state index contributed by atoms with van der Waals surface area (Å²) in [7, 11) is 0. The molecule has 3 atom stereocenters. The van der Waals surface area contributed by atoms with E-state index in [0.29, 0.717) is 6.42 Å². The Morgan fingerprint density at radius 1 is 1.56 bits per heavy atom. The molecular weight excluding hydrogens is 208 g/mol. The number of carbonyl (C=O) groups excluding carboxylic acids is 2. The van der Waals surface area contributed by atoms with Crippen LogP contribution in [0.15, 0.2) is 0 Å². The molecule has 1 aliphatic carbocycles. The molecule has 5 nitrogen and oxygen atoms in total. The Hall–Kier alpha value is -0.940. The standard InChI is InChI=1S/C11H20N2O3/c1-3-8-5-4-6-11(8,13)10(15)16-9(14)7(2)12/h7-8H,3-6,12-13H2,1-2H3/t7-,8?,11?/m0/s1. The van der Waals surface area contributed by atoms with E-state index in [2.05, 4.69) is 0 Å². The van der Waals surface area contributed by atoms with Gasteiger partial charge in [0.25, 0.3) is 0 Å². The fourth-order valence-electron chi connectivity index (χ4n) is 2.22. The smallest absolute Gasteiger partial charge is 0.334 e. The van der Waals surface area contributed by atoms with Crippen molar-refractivity contribution in [3.8, 4) is 0 Å². The molecule has 0 amide bonds. The normalized spacial score (nSPS) is 31.1. The molecule has 1 saturated carbocycles. The number of rotatable bonds is 3. The minimum Gasteiger partial charge on any atom is -0.391 e. The minimum atomic E-state index is -1.00. The third kappa shape index (κ3) is 2.41. The average Bonchev–Trinajstić information content (AvgIpc) is 2.60. The van der Waals surface area contributed by atoms with Crippen LogP contribution in [0.4, 0.5) is 0 Å². The quantitative estimate of drug-likeness (QED) is 0.535. The van der Waals surface area contributed by atoms with Crippen LogP contribution in [0.3, 0.4) is 0 Å². The molecule has 2 unspecified atom stereocenters. The predicted molar refractivity (Wildman–Crippen MR) is 59.3 cm³/mol. The van der Waals surface area contributed by atoms with E-state index in [9.17, 15) is 9.59 Å². The van der Waals surface area contributed by atoms with Gasteiger partial charge < -0.3 is 16.2 Å². The van der Waals surface area contributed by atoms with Gasteiger partial charge in [0.05, 0.1) is 0 Å². The van der Waals surface area contributed by atoms with Crippen molar-refractivity contribution in [2.75, 3.05) is 0 Å². The third-order valence-electron chi connectivity index (χ3n) is 3.31. The Morgan fingerprint density at radius 3 is 2.69 bits per heavy atom. The summed E-state index contributed by atoms with van der Waals surface area (Å²) in [5.41, 5.74) is 10.4. The van der Waals surface area contributed by atoms with Crippen molar-refractivity contribution < 1.29 is 14.3 Å². The zero-order valence-corrected chi connectivity index (χ0v) is 9.86. The first-order valence-electron chi connectivity index (χ1n) is 5.72. The molecule has 0 aliphatic heterocycles. The number of hydrogen-bond acceptors (Lipinski definition) is 5. The summed E-state index contributed by atoms with van der Waals surface area (Å²) < 4.78 is 4.70. The second kappa shape index (κ2) is 4.93. The van der Waals surface area contributed by atoms with Crippen molar-refractivity contribution >= 4 is 11.9 Å². The lowest BCUT2D eigenvalue weighted by molar-refractivity contribution is -0.165. The van der Waals surface area contributed by atoms with Gasteiger partial charge >= 0.3 is 11.9 Å². The van der Waals surface area contributed by atoms with Gasteiger partial charge in [0.1, 0.15) is 11.6 Å². The van der Waals surface area contributed by atoms with Crippen LogP contribution in [0.2, 0.25) is 0 Å². The molecule has 0 aromatic rings. The summed E-state index contributed by atoms with van der Waals surface area (Å²) in [6, 6.07) is -0.797. The molecule has 0 spiro atoms. The minimum absolute atomic E-state index is 0.0980. The van der Waals surface area contributed by atoms with E-state index in [1.54, 1.807) is 0 Å². The van der Waals surface area contributed by atoms with Gasteiger partial charge in [-0.3, -0.25) is 0 Å².